The van der Waals surface area contributed by atoms with Crippen molar-refractivity contribution in [2.75, 3.05) is 13.6 Å². The van der Waals surface area contributed by atoms with Crippen LogP contribution in [-0.2, 0) is 4.79 Å². The largest absolute Gasteiger partial charge is 0.358 e. The lowest BCUT2D eigenvalue weighted by Crippen LogP contribution is -2.48. The zero-order chi connectivity index (χ0) is 10.0. The van der Waals surface area contributed by atoms with Crippen LogP contribution in [0.1, 0.15) is 20.3 Å². The van der Waals surface area contributed by atoms with E-state index in [4.69, 9.17) is 5.73 Å². The molecule has 0 spiro atoms. The maximum Gasteiger partial charge on any atom is 0.236 e. The fourth-order valence-electron chi connectivity index (χ4n) is 1.89. The van der Waals surface area contributed by atoms with Gasteiger partial charge in [0.25, 0.3) is 0 Å². The van der Waals surface area contributed by atoms with E-state index < -0.39 is 0 Å². The summed E-state index contributed by atoms with van der Waals surface area (Å²) in [6.45, 7) is 4.93. The highest BCUT2D eigenvalue weighted by Crippen LogP contribution is 2.18. The molecule has 0 bridgehead atoms. The van der Waals surface area contributed by atoms with E-state index in [-0.39, 0.29) is 18.0 Å². The number of likely N-dealkylation sites (N-methyl/N-ethyl adjacent to an activating group) is 1. The normalized spacial score (nSPS) is 31.7. The summed E-state index contributed by atoms with van der Waals surface area (Å²) in [5.74, 6) is 0.0703. The number of nitrogens with two attached hydrogens (primary N) is 1. The first-order valence-corrected chi connectivity index (χ1v) is 4.81. The van der Waals surface area contributed by atoms with Crippen molar-refractivity contribution in [3.05, 3.63) is 0 Å². The van der Waals surface area contributed by atoms with Crippen molar-refractivity contribution in [1.29, 1.82) is 0 Å². The molecule has 1 saturated heterocycles. The van der Waals surface area contributed by atoms with Crippen molar-refractivity contribution < 1.29 is 4.79 Å². The Morgan fingerprint density at radius 1 is 1.69 bits per heavy atom. The Morgan fingerprint density at radius 3 is 2.69 bits per heavy atom. The number of carbonyl (C=O) groups excluding carboxylic acids is 1. The Hall–Kier alpha value is -0.610. The maximum absolute atomic E-state index is 11.4. The van der Waals surface area contributed by atoms with Crippen LogP contribution < -0.4 is 11.1 Å². The molecule has 0 aromatic heterocycles. The van der Waals surface area contributed by atoms with E-state index in [0.717, 1.165) is 13.0 Å². The third-order valence-electron chi connectivity index (χ3n) is 2.99. The predicted molar refractivity (Wildman–Crippen MR) is 52.3 cm³/mol. The van der Waals surface area contributed by atoms with Gasteiger partial charge in [-0.3, -0.25) is 9.69 Å². The van der Waals surface area contributed by atoms with Gasteiger partial charge in [0.2, 0.25) is 5.91 Å². The van der Waals surface area contributed by atoms with Crippen LogP contribution in [0, 0.1) is 0 Å². The Morgan fingerprint density at radius 2 is 2.31 bits per heavy atom. The zero-order valence-electron chi connectivity index (χ0n) is 8.58. The summed E-state index contributed by atoms with van der Waals surface area (Å²) in [5, 5.41) is 2.66. The summed E-state index contributed by atoms with van der Waals surface area (Å²) in [6.07, 6.45) is 0.989. The molecule has 13 heavy (non-hydrogen) atoms. The van der Waals surface area contributed by atoms with Crippen molar-refractivity contribution in [3.8, 4) is 0 Å². The molecular weight excluding hydrogens is 166 g/mol. The Kier molecular flexibility index (Phi) is 3.27. The first-order valence-electron chi connectivity index (χ1n) is 4.81. The van der Waals surface area contributed by atoms with E-state index >= 15 is 0 Å². The molecule has 4 nitrogen and oxygen atoms in total. The molecule has 3 N–H and O–H groups in total. The quantitative estimate of drug-likeness (QED) is 0.612. The van der Waals surface area contributed by atoms with Crippen LogP contribution in [0.15, 0.2) is 0 Å². The summed E-state index contributed by atoms with van der Waals surface area (Å²) in [6, 6.07) is 0.466. The molecule has 76 valence electrons. The summed E-state index contributed by atoms with van der Waals surface area (Å²) in [4.78, 5) is 13.5. The topological polar surface area (TPSA) is 58.4 Å². The summed E-state index contributed by atoms with van der Waals surface area (Å²) < 4.78 is 0. The molecule has 0 aromatic rings. The van der Waals surface area contributed by atoms with Crippen molar-refractivity contribution >= 4 is 5.91 Å². The lowest BCUT2D eigenvalue weighted by atomic mass is 10.1. The van der Waals surface area contributed by atoms with Crippen molar-refractivity contribution in [2.45, 2.75) is 38.4 Å². The number of hydrogen-bond donors (Lipinski definition) is 2. The fraction of sp³-hybridized carbons (Fsp3) is 0.889. The molecule has 1 heterocycles. The van der Waals surface area contributed by atoms with Gasteiger partial charge in [-0.15, -0.1) is 0 Å². The van der Waals surface area contributed by atoms with E-state index in [2.05, 4.69) is 17.1 Å². The van der Waals surface area contributed by atoms with Gasteiger partial charge in [-0.1, -0.05) is 0 Å². The van der Waals surface area contributed by atoms with Gasteiger partial charge in [-0.25, -0.2) is 0 Å². The molecule has 0 aliphatic carbocycles. The van der Waals surface area contributed by atoms with Crippen LogP contribution in [0.3, 0.4) is 0 Å². The molecule has 1 aliphatic rings. The lowest BCUT2D eigenvalue weighted by Gasteiger charge is -2.28. The first kappa shape index (κ1) is 10.5. The van der Waals surface area contributed by atoms with Crippen LogP contribution in [0.5, 0.6) is 0 Å². The predicted octanol–water partition coefficient (Wildman–Crippen LogP) is -0.458. The molecular formula is C9H19N3O. The average Bonchev–Trinajstić information content (AvgIpc) is 2.45. The van der Waals surface area contributed by atoms with Crippen molar-refractivity contribution in [2.24, 2.45) is 5.73 Å². The van der Waals surface area contributed by atoms with Crippen LogP contribution in [0.25, 0.3) is 0 Å². The average molecular weight is 185 g/mol. The zero-order valence-corrected chi connectivity index (χ0v) is 8.58. The van der Waals surface area contributed by atoms with E-state index in [1.165, 1.54) is 0 Å². The van der Waals surface area contributed by atoms with Crippen LogP contribution >= 0.6 is 0 Å². The summed E-state index contributed by atoms with van der Waals surface area (Å²) in [5.41, 5.74) is 5.87. The van der Waals surface area contributed by atoms with E-state index in [1.807, 2.05) is 6.92 Å². The second-order valence-electron chi connectivity index (χ2n) is 3.72. The second kappa shape index (κ2) is 4.07. The van der Waals surface area contributed by atoms with Crippen LogP contribution in [-0.4, -0.2) is 42.5 Å². The summed E-state index contributed by atoms with van der Waals surface area (Å²) in [7, 11) is 1.67. The molecule has 0 aromatic carbocycles. The number of likely N-dealkylation sites (tertiary alicyclic amines) is 1. The van der Waals surface area contributed by atoms with Crippen molar-refractivity contribution in [3.63, 3.8) is 0 Å². The molecule has 1 fully saturated rings. The minimum atomic E-state index is -0.0615. The van der Waals surface area contributed by atoms with E-state index in [1.54, 1.807) is 7.05 Å². The number of nitrogens with zero attached hydrogens (tertiary/aromatic N) is 1. The van der Waals surface area contributed by atoms with Gasteiger partial charge in [-0.05, 0) is 20.3 Å². The van der Waals surface area contributed by atoms with Crippen molar-refractivity contribution in [1.82, 2.24) is 10.2 Å². The van der Waals surface area contributed by atoms with Crippen LogP contribution in [0.2, 0.25) is 0 Å². The molecule has 0 radical (unpaired) electrons. The van der Waals surface area contributed by atoms with Crippen LogP contribution in [0.4, 0.5) is 0 Å². The smallest absolute Gasteiger partial charge is 0.236 e. The SMILES string of the molecule is CNC(=O)C(C)N1CCC(N)C1C. The summed E-state index contributed by atoms with van der Waals surface area (Å²) >= 11 is 0. The lowest BCUT2D eigenvalue weighted by molar-refractivity contribution is -0.125. The third-order valence-corrected chi connectivity index (χ3v) is 2.99. The molecule has 1 aliphatic heterocycles. The number of carbonyl (C=O) groups is 1. The highest BCUT2D eigenvalue weighted by molar-refractivity contribution is 5.81. The molecule has 4 heteroatoms. The molecule has 1 amide bonds. The minimum absolute atomic E-state index is 0.0615. The van der Waals surface area contributed by atoms with Gasteiger partial charge < -0.3 is 11.1 Å². The Bertz CT molecular complexity index is 195. The van der Waals surface area contributed by atoms with Gasteiger partial charge in [0.1, 0.15) is 0 Å². The second-order valence-corrected chi connectivity index (χ2v) is 3.72. The minimum Gasteiger partial charge on any atom is -0.358 e. The number of rotatable bonds is 2. The number of nitrogens with one attached hydrogen (secondary N) is 1. The molecule has 0 saturated carbocycles. The monoisotopic (exact) mass is 185 g/mol. The highest BCUT2D eigenvalue weighted by atomic mass is 16.2. The van der Waals surface area contributed by atoms with E-state index in [0.29, 0.717) is 6.04 Å². The third kappa shape index (κ3) is 2.00. The first-order chi connectivity index (χ1) is 6.07. The van der Waals surface area contributed by atoms with Gasteiger partial charge >= 0.3 is 0 Å². The van der Waals surface area contributed by atoms with Gasteiger partial charge in [0, 0.05) is 25.7 Å². The molecule has 3 unspecified atom stereocenters. The fourth-order valence-corrected chi connectivity index (χ4v) is 1.89. The highest BCUT2D eigenvalue weighted by Gasteiger charge is 2.33. The standard InChI is InChI=1S/C9H19N3O/c1-6-8(10)4-5-12(6)7(2)9(13)11-3/h6-8H,4-5,10H2,1-3H3,(H,11,13). The maximum atomic E-state index is 11.4. The number of hydrogen-bond acceptors (Lipinski definition) is 3. The molecule has 1 rings (SSSR count). The van der Waals surface area contributed by atoms with Gasteiger partial charge in [0.05, 0.1) is 6.04 Å². The van der Waals surface area contributed by atoms with E-state index in [9.17, 15) is 4.79 Å². The number of amides is 1. The van der Waals surface area contributed by atoms with Gasteiger partial charge in [0.15, 0.2) is 0 Å². The van der Waals surface area contributed by atoms with Gasteiger partial charge in [-0.2, -0.15) is 0 Å². The Balaban J connectivity index is 2.57. The molecule has 3 atom stereocenters. The Labute approximate surface area is 79.5 Å².